The number of hydrogen-bond acceptors (Lipinski definition) is 6. The van der Waals surface area contributed by atoms with E-state index in [0.717, 1.165) is 38.4 Å². The number of aryl methyl sites for hydroxylation is 1. The lowest BCUT2D eigenvalue weighted by Gasteiger charge is -2.21. The molecule has 0 atom stereocenters. The first-order valence-electron chi connectivity index (χ1n) is 10.3. The van der Waals surface area contributed by atoms with E-state index in [1.165, 1.54) is 16.8 Å². The summed E-state index contributed by atoms with van der Waals surface area (Å²) in [6.45, 7) is 1.71. The number of nitrogens with one attached hydrogen (secondary N) is 3. The Labute approximate surface area is 181 Å². The molecule has 0 radical (unpaired) electrons. The summed E-state index contributed by atoms with van der Waals surface area (Å²) < 4.78 is 29.1. The Kier molecular flexibility index (Phi) is 7.21. The molecule has 2 aromatic rings. The van der Waals surface area contributed by atoms with Gasteiger partial charge < -0.3 is 5.32 Å². The van der Waals surface area contributed by atoms with Crippen molar-refractivity contribution in [3.05, 3.63) is 52.1 Å². The molecule has 1 amide bonds. The molecule has 0 aliphatic heterocycles. The molecule has 1 saturated carbocycles. The van der Waals surface area contributed by atoms with E-state index in [1.54, 1.807) is 25.1 Å². The quantitative estimate of drug-likeness (QED) is 0.423. The van der Waals surface area contributed by atoms with E-state index < -0.39 is 21.5 Å². The van der Waals surface area contributed by atoms with Crippen molar-refractivity contribution in [3.63, 3.8) is 0 Å². The second-order valence-electron chi connectivity index (χ2n) is 7.79. The second kappa shape index (κ2) is 9.86. The number of hydrogen-bond donors (Lipinski definition) is 3. The fourth-order valence-electron chi connectivity index (χ4n) is 3.92. The number of rotatable bonds is 8. The van der Waals surface area contributed by atoms with Crippen LogP contribution < -0.4 is 15.6 Å². The molecule has 0 aromatic carbocycles. The van der Waals surface area contributed by atoms with Gasteiger partial charge in [-0.05, 0) is 43.9 Å². The average Bonchev–Trinajstić information content (AvgIpc) is 2.72. The first-order valence-corrected chi connectivity index (χ1v) is 11.9. The zero-order valence-electron chi connectivity index (χ0n) is 17.4. The summed E-state index contributed by atoms with van der Waals surface area (Å²) in [5.74, 6) is -0.0645. The van der Waals surface area contributed by atoms with Crippen molar-refractivity contribution in [2.75, 3.05) is 10.5 Å². The topological polar surface area (TPSA) is 134 Å². The summed E-state index contributed by atoms with van der Waals surface area (Å²) in [6, 6.07) is 6.40. The van der Waals surface area contributed by atoms with Gasteiger partial charge in [-0.2, -0.15) is 0 Å². The SMILES string of the molecule is Cc1ccc(NS(=O)(=O)CC2CCCCC2)c(=O)n1-c1ncccc1CC(=O)NC=N. The van der Waals surface area contributed by atoms with Crippen molar-refractivity contribution >= 4 is 28.0 Å². The van der Waals surface area contributed by atoms with Crippen LogP contribution in [0.1, 0.15) is 43.4 Å². The van der Waals surface area contributed by atoms with E-state index in [0.29, 0.717) is 11.3 Å². The molecule has 3 N–H and O–H groups in total. The molecule has 3 rings (SSSR count). The van der Waals surface area contributed by atoms with Crippen LogP contribution in [0.2, 0.25) is 0 Å². The minimum absolute atomic E-state index is 0.00104. The maximum Gasteiger partial charge on any atom is 0.280 e. The first kappa shape index (κ1) is 22.7. The van der Waals surface area contributed by atoms with E-state index in [9.17, 15) is 18.0 Å². The summed E-state index contributed by atoms with van der Waals surface area (Å²) in [4.78, 5) is 29.4. The summed E-state index contributed by atoms with van der Waals surface area (Å²) in [7, 11) is -3.68. The third-order valence-corrected chi connectivity index (χ3v) is 6.83. The van der Waals surface area contributed by atoms with E-state index >= 15 is 0 Å². The molecule has 0 bridgehead atoms. The Hall–Kier alpha value is -3.01. The average molecular weight is 446 g/mol. The number of carbonyl (C=O) groups excluding carboxylic acids is 1. The fourth-order valence-corrected chi connectivity index (χ4v) is 5.45. The highest BCUT2D eigenvalue weighted by Crippen LogP contribution is 2.25. The van der Waals surface area contributed by atoms with Crippen LogP contribution in [0.5, 0.6) is 0 Å². The van der Waals surface area contributed by atoms with Gasteiger partial charge in [-0.25, -0.2) is 13.4 Å². The van der Waals surface area contributed by atoms with Gasteiger partial charge in [0.05, 0.1) is 18.5 Å². The van der Waals surface area contributed by atoms with E-state index in [2.05, 4.69) is 15.0 Å². The van der Waals surface area contributed by atoms with Crippen molar-refractivity contribution in [1.29, 1.82) is 5.41 Å². The van der Waals surface area contributed by atoms with Gasteiger partial charge in [-0.3, -0.25) is 24.3 Å². The molecule has 0 saturated heterocycles. The van der Waals surface area contributed by atoms with Gasteiger partial charge in [-0.1, -0.05) is 25.3 Å². The smallest absolute Gasteiger partial charge is 0.280 e. The van der Waals surface area contributed by atoms with E-state index in [4.69, 9.17) is 5.41 Å². The fraction of sp³-hybridized carbons (Fsp3) is 0.429. The summed E-state index contributed by atoms with van der Waals surface area (Å²) in [5, 5.41) is 9.27. The maximum absolute atomic E-state index is 13.2. The number of nitrogens with zero attached hydrogens (tertiary/aromatic N) is 2. The third kappa shape index (κ3) is 5.78. The number of aromatic nitrogens is 2. The van der Waals surface area contributed by atoms with Crippen LogP contribution in [-0.4, -0.2) is 36.0 Å². The standard InChI is InChI=1S/C21H27N5O4S/c1-15-9-10-18(25-31(29,30)13-16-6-3-2-4-7-16)21(28)26(15)20-17(8-5-11-23-20)12-19(27)24-14-22/h5,8-11,14,16,25H,2-4,6-7,12-13H2,1H3,(H2,22,24,27). The van der Waals surface area contributed by atoms with E-state index in [1.807, 2.05) is 0 Å². The molecular weight excluding hydrogens is 418 g/mol. The monoisotopic (exact) mass is 445 g/mol. The molecule has 0 spiro atoms. The number of anilines is 1. The third-order valence-electron chi connectivity index (χ3n) is 5.39. The van der Waals surface area contributed by atoms with Crippen LogP contribution in [0.25, 0.3) is 5.82 Å². The van der Waals surface area contributed by atoms with Crippen LogP contribution in [0.3, 0.4) is 0 Å². The lowest BCUT2D eigenvalue weighted by molar-refractivity contribution is -0.118. The molecular formula is C21H27N5O4S. The molecule has 1 aliphatic carbocycles. The van der Waals surface area contributed by atoms with Gasteiger partial charge in [0.2, 0.25) is 15.9 Å². The number of pyridine rings is 2. The lowest BCUT2D eigenvalue weighted by Crippen LogP contribution is -2.31. The Morgan fingerprint density at radius 3 is 2.71 bits per heavy atom. The van der Waals surface area contributed by atoms with Crippen LogP contribution >= 0.6 is 0 Å². The van der Waals surface area contributed by atoms with Gasteiger partial charge in [0.15, 0.2) is 0 Å². The predicted molar refractivity (Wildman–Crippen MR) is 119 cm³/mol. The molecule has 9 nitrogen and oxygen atoms in total. The highest BCUT2D eigenvalue weighted by molar-refractivity contribution is 7.92. The molecule has 10 heteroatoms. The molecule has 1 fully saturated rings. The minimum Gasteiger partial charge on any atom is -0.317 e. The Morgan fingerprint density at radius 1 is 1.26 bits per heavy atom. The Balaban J connectivity index is 1.92. The van der Waals surface area contributed by atoms with Gasteiger partial charge >= 0.3 is 0 Å². The predicted octanol–water partition coefficient (Wildman–Crippen LogP) is 2.13. The number of amides is 1. The largest absolute Gasteiger partial charge is 0.317 e. The van der Waals surface area contributed by atoms with Crippen molar-refractivity contribution in [2.45, 2.75) is 45.4 Å². The zero-order chi connectivity index (χ0) is 22.4. The van der Waals surface area contributed by atoms with Crippen molar-refractivity contribution in [1.82, 2.24) is 14.9 Å². The van der Waals surface area contributed by atoms with Gasteiger partial charge in [0.1, 0.15) is 11.5 Å². The van der Waals surface area contributed by atoms with Gasteiger partial charge in [-0.15, -0.1) is 0 Å². The second-order valence-corrected chi connectivity index (χ2v) is 9.56. The normalized spacial score (nSPS) is 14.7. The molecule has 31 heavy (non-hydrogen) atoms. The van der Waals surface area contributed by atoms with Crippen LogP contribution in [0, 0.1) is 18.3 Å². The highest BCUT2D eigenvalue weighted by Gasteiger charge is 2.23. The van der Waals surface area contributed by atoms with Gasteiger partial charge in [0, 0.05) is 17.5 Å². The van der Waals surface area contributed by atoms with Crippen molar-refractivity contribution in [2.24, 2.45) is 5.92 Å². The summed E-state index contributed by atoms with van der Waals surface area (Å²) in [5.41, 5.74) is 0.420. The van der Waals surface area contributed by atoms with Crippen LogP contribution in [0.15, 0.2) is 35.3 Å². The number of sulfonamides is 1. The first-order chi connectivity index (χ1) is 14.8. The summed E-state index contributed by atoms with van der Waals surface area (Å²) in [6.07, 6.45) is 7.18. The lowest BCUT2D eigenvalue weighted by atomic mass is 9.91. The highest BCUT2D eigenvalue weighted by atomic mass is 32.2. The molecule has 166 valence electrons. The number of carbonyl (C=O) groups is 1. The molecule has 2 aromatic heterocycles. The zero-order valence-corrected chi connectivity index (χ0v) is 18.2. The van der Waals surface area contributed by atoms with Crippen LogP contribution in [-0.2, 0) is 21.2 Å². The minimum atomic E-state index is -3.68. The summed E-state index contributed by atoms with van der Waals surface area (Å²) >= 11 is 0. The van der Waals surface area contributed by atoms with E-state index in [-0.39, 0.29) is 29.6 Å². The van der Waals surface area contributed by atoms with Crippen molar-refractivity contribution < 1.29 is 13.2 Å². The van der Waals surface area contributed by atoms with Crippen molar-refractivity contribution in [3.8, 4) is 5.82 Å². The van der Waals surface area contributed by atoms with Gasteiger partial charge in [0.25, 0.3) is 5.56 Å². The van der Waals surface area contributed by atoms with Crippen LogP contribution in [0.4, 0.5) is 5.69 Å². The Bertz CT molecular complexity index is 1120. The molecule has 2 heterocycles. The molecule has 1 aliphatic rings. The maximum atomic E-state index is 13.2. The molecule has 0 unspecified atom stereocenters. The Morgan fingerprint density at radius 2 is 2.00 bits per heavy atom.